The van der Waals surface area contributed by atoms with E-state index in [1.54, 1.807) is 0 Å². The third-order valence-corrected chi connectivity index (χ3v) is 5.35. The maximum atomic E-state index is 13.5. The Labute approximate surface area is 234 Å². The van der Waals surface area contributed by atoms with E-state index in [2.05, 4.69) is 9.31 Å². The van der Waals surface area contributed by atoms with Gasteiger partial charge in [-0.05, 0) is 0 Å². The quantitative estimate of drug-likeness (QED) is 0.128. The van der Waals surface area contributed by atoms with Crippen molar-refractivity contribution >= 4 is 7.32 Å². The van der Waals surface area contributed by atoms with Crippen LogP contribution in [0.1, 0.15) is 12.8 Å². The maximum absolute atomic E-state index is 13.5. The molecule has 0 aliphatic carbocycles. The number of halogens is 26. The zero-order valence-corrected chi connectivity index (χ0v) is 20.5. The highest BCUT2D eigenvalue weighted by atomic mass is 19.4. The Kier molecular flexibility index (Phi) is 11.7. The van der Waals surface area contributed by atoms with Gasteiger partial charge in [0.05, 0.1) is 0 Å². The van der Waals surface area contributed by atoms with Crippen LogP contribution in [0.2, 0.25) is 0 Å². The van der Waals surface area contributed by atoms with Crippen molar-refractivity contribution in [2.45, 2.75) is 84.4 Å². The van der Waals surface area contributed by atoms with Crippen molar-refractivity contribution in [3.63, 3.8) is 0 Å². The molecule has 0 saturated carbocycles. The molecule has 0 rings (SSSR count). The first-order valence-corrected chi connectivity index (χ1v) is 10.4. The summed E-state index contributed by atoms with van der Waals surface area (Å²) < 4.78 is 343. The zero-order valence-electron chi connectivity index (χ0n) is 20.5. The highest BCUT2D eigenvalue weighted by Gasteiger charge is 2.92. The number of rotatable bonds is 16. The summed E-state index contributed by atoms with van der Waals surface area (Å²) in [6.07, 6.45) is -21.9. The molecule has 0 aromatic heterocycles. The van der Waals surface area contributed by atoms with E-state index in [-0.39, 0.29) is 0 Å². The van der Waals surface area contributed by atoms with Crippen molar-refractivity contribution in [1.29, 1.82) is 0 Å². The molecule has 0 unspecified atom stereocenters. The van der Waals surface area contributed by atoms with Crippen molar-refractivity contribution in [2.24, 2.45) is 0 Å². The van der Waals surface area contributed by atoms with Crippen LogP contribution in [0.4, 0.5) is 114 Å². The van der Waals surface area contributed by atoms with Crippen LogP contribution in [0.15, 0.2) is 0 Å². The highest BCUT2D eigenvalue weighted by molar-refractivity contribution is 6.34. The molecule has 1 N–H and O–H groups in total. The van der Waals surface area contributed by atoms with Gasteiger partial charge >= 0.3 is 78.9 Å². The van der Waals surface area contributed by atoms with E-state index < -0.39 is 105 Å². The SMILES string of the molecule is OB(OCCC(F)(F)C(F)(F)C(F)(F)C(F)(F)C(F)(F)C(F)(F)F)OCCC(F)(F)C(F)(F)C(F)(F)C(F)(F)C(F)(F)C(F)(F)F. The summed E-state index contributed by atoms with van der Waals surface area (Å²) in [5, 5.41) is 8.93. The average molecular weight is 754 g/mol. The van der Waals surface area contributed by atoms with Crippen LogP contribution in [0.25, 0.3) is 0 Å². The predicted molar refractivity (Wildman–Crippen MR) is 90.7 cm³/mol. The van der Waals surface area contributed by atoms with Crippen LogP contribution in [-0.2, 0) is 9.31 Å². The molecular weight excluding hydrogens is 745 g/mol. The van der Waals surface area contributed by atoms with E-state index in [4.69, 9.17) is 5.02 Å². The van der Waals surface area contributed by atoms with E-state index in [9.17, 15) is 114 Å². The highest BCUT2D eigenvalue weighted by Crippen LogP contribution is 2.62. The van der Waals surface area contributed by atoms with Gasteiger partial charge in [-0.3, -0.25) is 0 Å². The minimum atomic E-state index is -8.30. The van der Waals surface area contributed by atoms with Gasteiger partial charge in [0.1, 0.15) is 0 Å². The first-order chi connectivity index (χ1) is 19.6. The minimum absolute atomic E-state index is 2.51. The average Bonchev–Trinajstić information content (AvgIpc) is 2.81. The Balaban J connectivity index is 5.62. The van der Waals surface area contributed by atoms with E-state index in [0.29, 0.717) is 0 Å². The third-order valence-electron chi connectivity index (χ3n) is 5.35. The smallest absolute Gasteiger partial charge is 0.402 e. The Morgan fingerprint density at radius 2 is 0.522 bits per heavy atom. The predicted octanol–water partition coefficient (Wildman–Crippen LogP) is 8.25. The molecule has 3 nitrogen and oxygen atoms in total. The summed E-state index contributed by atoms with van der Waals surface area (Å²) >= 11 is 0. The Morgan fingerprint density at radius 1 is 0.326 bits per heavy atom. The lowest BCUT2D eigenvalue weighted by Gasteiger charge is -2.39. The lowest BCUT2D eigenvalue weighted by atomic mass is 9.92. The van der Waals surface area contributed by atoms with Gasteiger partial charge in [-0.2, -0.15) is 114 Å². The largest absolute Gasteiger partial charge is 0.636 e. The summed E-state index contributed by atoms with van der Waals surface area (Å²) in [7, 11) is -3.58. The molecule has 46 heavy (non-hydrogen) atoms. The van der Waals surface area contributed by atoms with E-state index in [1.165, 1.54) is 0 Å². The second kappa shape index (κ2) is 12.2. The zero-order chi connectivity index (χ0) is 37.8. The van der Waals surface area contributed by atoms with Gasteiger partial charge in [0.15, 0.2) is 0 Å². The number of hydrogen-bond acceptors (Lipinski definition) is 3. The normalized spacial score (nSPS) is 16.2. The fourth-order valence-corrected chi connectivity index (χ4v) is 2.54. The summed E-state index contributed by atoms with van der Waals surface area (Å²) in [5.74, 6) is -78.6. The minimum Gasteiger partial charge on any atom is -0.402 e. The van der Waals surface area contributed by atoms with Gasteiger partial charge in [-0.1, -0.05) is 0 Å². The van der Waals surface area contributed by atoms with Gasteiger partial charge in [0.2, 0.25) is 0 Å². The topological polar surface area (TPSA) is 38.7 Å². The van der Waals surface area contributed by atoms with E-state index in [0.717, 1.165) is 0 Å². The molecule has 30 heteroatoms. The molecule has 0 saturated heterocycles. The molecule has 276 valence electrons. The maximum Gasteiger partial charge on any atom is 0.636 e. The second-order valence-electron chi connectivity index (χ2n) is 8.55. The molecule has 0 amide bonds. The van der Waals surface area contributed by atoms with Crippen molar-refractivity contribution in [2.75, 3.05) is 13.2 Å². The molecule has 0 atom stereocenters. The first kappa shape index (κ1) is 44.1. The van der Waals surface area contributed by atoms with Crippen LogP contribution in [0.3, 0.4) is 0 Å². The Hall–Kier alpha value is -1.88. The lowest BCUT2D eigenvalue weighted by Crippen LogP contribution is -2.70. The van der Waals surface area contributed by atoms with E-state index in [1.807, 2.05) is 0 Å². The van der Waals surface area contributed by atoms with Crippen LogP contribution < -0.4 is 0 Å². The summed E-state index contributed by atoms with van der Waals surface area (Å²) in [4.78, 5) is 0. The molecule has 0 aromatic rings. The molecule has 0 aromatic carbocycles. The van der Waals surface area contributed by atoms with Gasteiger partial charge in [0.25, 0.3) is 0 Å². The molecular formula is C16H9BF26O3. The summed E-state index contributed by atoms with van der Waals surface area (Å²) in [6.45, 7) is -5.02. The van der Waals surface area contributed by atoms with Crippen LogP contribution in [0.5, 0.6) is 0 Å². The lowest BCUT2D eigenvalue weighted by molar-refractivity contribution is -0.440. The molecule has 0 fully saturated rings. The molecule has 0 heterocycles. The molecule has 0 spiro atoms. The Bertz CT molecular complexity index is 951. The number of hydrogen-bond donors (Lipinski definition) is 1. The standard InChI is InChI=1S/C16H9BF26O3/c18-5(19,7(22,23)9(26,27)11(30,31)13(34,35)15(38,39)40)1-3-45-17(44)46-4-2-6(20,21)8(24,25)10(28,29)12(32,33)14(36,37)16(41,42)43/h44H,1-4H2. The molecule has 0 radical (unpaired) electrons. The van der Waals surface area contributed by atoms with Crippen LogP contribution in [-0.4, -0.2) is 97.1 Å². The number of alkyl halides is 26. The van der Waals surface area contributed by atoms with Gasteiger partial charge in [-0.15, -0.1) is 0 Å². The fraction of sp³-hybridized carbons (Fsp3) is 1.00. The second-order valence-corrected chi connectivity index (χ2v) is 8.55. The van der Waals surface area contributed by atoms with Gasteiger partial charge < -0.3 is 14.3 Å². The summed E-state index contributed by atoms with van der Waals surface area (Å²) in [5.41, 5.74) is 0. The van der Waals surface area contributed by atoms with Crippen molar-refractivity contribution in [3.8, 4) is 0 Å². The Morgan fingerprint density at radius 3 is 0.717 bits per heavy atom. The summed E-state index contributed by atoms with van der Waals surface area (Å²) in [6, 6.07) is 0. The molecule has 0 bridgehead atoms. The van der Waals surface area contributed by atoms with Crippen molar-refractivity contribution < 1.29 is 128 Å². The van der Waals surface area contributed by atoms with E-state index >= 15 is 0 Å². The third kappa shape index (κ3) is 6.83. The molecule has 0 aliphatic rings. The van der Waals surface area contributed by atoms with Crippen molar-refractivity contribution in [3.05, 3.63) is 0 Å². The first-order valence-electron chi connectivity index (χ1n) is 10.4. The van der Waals surface area contributed by atoms with Gasteiger partial charge in [-0.25, -0.2) is 0 Å². The molecule has 0 aliphatic heterocycles. The monoisotopic (exact) mass is 754 g/mol. The van der Waals surface area contributed by atoms with Crippen LogP contribution >= 0.6 is 0 Å². The fourth-order valence-electron chi connectivity index (χ4n) is 2.54. The van der Waals surface area contributed by atoms with Crippen LogP contribution in [0, 0.1) is 0 Å². The van der Waals surface area contributed by atoms with Gasteiger partial charge in [0, 0.05) is 26.1 Å². The van der Waals surface area contributed by atoms with Crippen molar-refractivity contribution in [1.82, 2.24) is 0 Å².